The normalized spacial score (nSPS) is 22.6. The number of ether oxygens (including phenoxy) is 1. The van der Waals surface area contributed by atoms with Crippen LogP contribution in [0.5, 0.6) is 0 Å². The van der Waals surface area contributed by atoms with E-state index in [1.807, 2.05) is 4.57 Å². The smallest absolute Gasteiger partial charge is 0.410 e. The summed E-state index contributed by atoms with van der Waals surface area (Å²) in [7, 11) is 0. The molecule has 160 valence electrons. The lowest BCUT2D eigenvalue weighted by Crippen LogP contribution is -2.58. The standard InChI is InChI=1S/C22H25F2N3O3/c1-22(2,3)30-21(29)26-10-16(25)20(28)19(11-26)27-17-6-4-12(23)8-14(17)15-9-13(24)5-7-18(15)27/h4-9,16,19-20,28H,10-11,25H2,1-3H3/t16-,19+,20?/m1/s1. The zero-order chi connectivity index (χ0) is 21.8. The quantitative estimate of drug-likeness (QED) is 0.635. The Kier molecular flexibility index (Phi) is 4.94. The van der Waals surface area contributed by atoms with Crippen LogP contribution in [0.25, 0.3) is 21.8 Å². The number of aromatic nitrogens is 1. The van der Waals surface area contributed by atoms with Crippen molar-refractivity contribution in [2.24, 2.45) is 5.73 Å². The molecule has 1 aliphatic heterocycles. The SMILES string of the molecule is CC(C)(C)OC(=O)N1C[C@@H](N)C(O)[C@@H](n2c3ccc(F)cc3c3cc(F)ccc32)C1. The summed E-state index contributed by atoms with van der Waals surface area (Å²) in [6.07, 6.45) is -1.48. The monoisotopic (exact) mass is 417 g/mol. The van der Waals surface area contributed by atoms with Gasteiger partial charge in [-0.2, -0.15) is 0 Å². The third-order valence-electron chi connectivity index (χ3n) is 5.38. The maximum absolute atomic E-state index is 13.9. The van der Waals surface area contributed by atoms with Gasteiger partial charge in [-0.1, -0.05) is 0 Å². The van der Waals surface area contributed by atoms with Gasteiger partial charge in [0.1, 0.15) is 17.2 Å². The molecule has 1 saturated heterocycles. The molecule has 1 amide bonds. The number of nitrogens with two attached hydrogens (primary N) is 1. The lowest BCUT2D eigenvalue weighted by molar-refractivity contribution is -0.0120. The lowest BCUT2D eigenvalue weighted by atomic mass is 9.97. The number of carbonyl (C=O) groups is 1. The van der Waals surface area contributed by atoms with Crippen molar-refractivity contribution >= 4 is 27.9 Å². The maximum atomic E-state index is 13.9. The third kappa shape index (κ3) is 3.61. The van der Waals surface area contributed by atoms with Gasteiger partial charge in [-0.3, -0.25) is 0 Å². The fourth-order valence-corrected chi connectivity index (χ4v) is 4.12. The van der Waals surface area contributed by atoms with Crippen molar-refractivity contribution in [3.63, 3.8) is 0 Å². The van der Waals surface area contributed by atoms with Gasteiger partial charge in [0.05, 0.1) is 18.2 Å². The third-order valence-corrected chi connectivity index (χ3v) is 5.38. The molecule has 6 nitrogen and oxygen atoms in total. The van der Waals surface area contributed by atoms with E-state index in [0.29, 0.717) is 21.8 Å². The second-order valence-electron chi connectivity index (χ2n) is 8.80. The van der Waals surface area contributed by atoms with Crippen LogP contribution in [0.2, 0.25) is 0 Å². The van der Waals surface area contributed by atoms with Crippen LogP contribution in [-0.2, 0) is 4.74 Å². The van der Waals surface area contributed by atoms with Gasteiger partial charge in [0, 0.05) is 34.9 Å². The van der Waals surface area contributed by atoms with Crippen molar-refractivity contribution in [3.8, 4) is 0 Å². The fourth-order valence-electron chi connectivity index (χ4n) is 4.12. The van der Waals surface area contributed by atoms with Gasteiger partial charge in [0.2, 0.25) is 0 Å². The van der Waals surface area contributed by atoms with Crippen LogP contribution in [0, 0.1) is 11.6 Å². The Morgan fingerprint density at radius 3 is 2.10 bits per heavy atom. The molecule has 8 heteroatoms. The molecule has 1 fully saturated rings. The number of rotatable bonds is 1. The molecule has 1 aromatic heterocycles. The number of nitrogens with zero attached hydrogens (tertiary/aromatic N) is 2. The number of likely N-dealkylation sites (tertiary alicyclic amines) is 1. The Morgan fingerprint density at radius 1 is 1.07 bits per heavy atom. The van der Waals surface area contributed by atoms with Crippen LogP contribution in [-0.4, -0.2) is 51.5 Å². The molecule has 0 aliphatic carbocycles. The van der Waals surface area contributed by atoms with Crippen LogP contribution in [0.15, 0.2) is 36.4 Å². The average molecular weight is 417 g/mol. The Morgan fingerprint density at radius 2 is 1.60 bits per heavy atom. The molecule has 0 bridgehead atoms. The Balaban J connectivity index is 1.84. The molecule has 3 atom stereocenters. The average Bonchev–Trinajstić information content (AvgIpc) is 2.95. The van der Waals surface area contributed by atoms with Crippen LogP contribution in [0.1, 0.15) is 26.8 Å². The number of carbonyl (C=O) groups excluding carboxylic acids is 1. The number of amides is 1. The first-order valence-electron chi connectivity index (χ1n) is 9.85. The van der Waals surface area contributed by atoms with Crippen molar-refractivity contribution in [3.05, 3.63) is 48.0 Å². The first-order chi connectivity index (χ1) is 14.0. The summed E-state index contributed by atoms with van der Waals surface area (Å²) in [5.41, 5.74) is 6.75. The van der Waals surface area contributed by atoms with E-state index in [0.717, 1.165) is 0 Å². The van der Waals surface area contributed by atoms with E-state index in [-0.39, 0.29) is 13.1 Å². The van der Waals surface area contributed by atoms with Crippen LogP contribution in [0.3, 0.4) is 0 Å². The van der Waals surface area contributed by atoms with Crippen molar-refractivity contribution in [2.45, 2.75) is 44.6 Å². The molecule has 30 heavy (non-hydrogen) atoms. The maximum Gasteiger partial charge on any atom is 0.410 e. The van der Waals surface area contributed by atoms with Gasteiger partial charge >= 0.3 is 6.09 Å². The molecule has 2 aromatic carbocycles. The van der Waals surface area contributed by atoms with E-state index >= 15 is 0 Å². The summed E-state index contributed by atoms with van der Waals surface area (Å²) in [5.74, 6) is -0.885. The minimum atomic E-state index is -0.961. The van der Waals surface area contributed by atoms with Crippen molar-refractivity contribution in [1.82, 2.24) is 9.47 Å². The van der Waals surface area contributed by atoms with Crippen molar-refractivity contribution < 1.29 is 23.4 Å². The molecular formula is C22H25F2N3O3. The van der Waals surface area contributed by atoms with Gasteiger partial charge in [0.25, 0.3) is 0 Å². The summed E-state index contributed by atoms with van der Waals surface area (Å²) in [6, 6.07) is 7.18. The first-order valence-corrected chi connectivity index (χ1v) is 9.85. The zero-order valence-corrected chi connectivity index (χ0v) is 17.1. The summed E-state index contributed by atoms with van der Waals surface area (Å²) >= 11 is 0. The van der Waals surface area contributed by atoms with E-state index in [1.54, 1.807) is 32.9 Å². The first kappa shape index (κ1) is 20.6. The number of hydrogen-bond donors (Lipinski definition) is 2. The highest BCUT2D eigenvalue weighted by Crippen LogP contribution is 2.36. The fraction of sp³-hybridized carbons (Fsp3) is 0.409. The second-order valence-corrected chi connectivity index (χ2v) is 8.80. The Labute approximate surface area is 172 Å². The number of hydrogen-bond acceptors (Lipinski definition) is 4. The number of piperidine rings is 1. The van der Waals surface area contributed by atoms with E-state index in [2.05, 4.69) is 0 Å². The number of aliphatic hydroxyl groups is 1. The van der Waals surface area contributed by atoms with Gasteiger partial charge in [-0.25, -0.2) is 13.6 Å². The highest BCUT2D eigenvalue weighted by molar-refractivity contribution is 6.08. The van der Waals surface area contributed by atoms with E-state index in [4.69, 9.17) is 10.5 Å². The van der Waals surface area contributed by atoms with Gasteiger partial charge in [0.15, 0.2) is 0 Å². The summed E-state index contributed by atoms with van der Waals surface area (Å²) in [6.45, 7) is 5.62. The topological polar surface area (TPSA) is 80.7 Å². The predicted octanol–water partition coefficient (Wildman–Crippen LogP) is 3.55. The second kappa shape index (κ2) is 7.21. The zero-order valence-electron chi connectivity index (χ0n) is 17.1. The molecule has 2 heterocycles. The van der Waals surface area contributed by atoms with Gasteiger partial charge < -0.3 is 25.0 Å². The van der Waals surface area contributed by atoms with Gasteiger partial charge in [-0.15, -0.1) is 0 Å². The molecule has 1 unspecified atom stereocenters. The summed E-state index contributed by atoms with van der Waals surface area (Å²) in [5, 5.41) is 12.0. The molecule has 3 N–H and O–H groups in total. The van der Waals surface area contributed by atoms with Crippen LogP contribution in [0.4, 0.5) is 13.6 Å². The summed E-state index contributed by atoms with van der Waals surface area (Å²) < 4.78 is 35.2. The van der Waals surface area contributed by atoms with Crippen LogP contribution >= 0.6 is 0 Å². The molecule has 0 saturated carbocycles. The Hall–Kier alpha value is -2.71. The number of fused-ring (bicyclic) bond motifs is 3. The van der Waals surface area contributed by atoms with Crippen LogP contribution < -0.4 is 5.73 Å². The number of halogens is 2. The molecule has 1 aliphatic rings. The minimum Gasteiger partial charge on any atom is -0.444 e. The highest BCUT2D eigenvalue weighted by atomic mass is 19.1. The molecular weight excluding hydrogens is 392 g/mol. The minimum absolute atomic E-state index is 0.146. The molecule has 4 rings (SSSR count). The van der Waals surface area contributed by atoms with Crippen molar-refractivity contribution in [1.29, 1.82) is 0 Å². The largest absolute Gasteiger partial charge is 0.444 e. The number of aliphatic hydroxyl groups excluding tert-OH is 1. The Bertz CT molecular complexity index is 1060. The van der Waals surface area contributed by atoms with E-state index < -0.39 is 41.5 Å². The van der Waals surface area contributed by atoms with E-state index in [9.17, 15) is 18.7 Å². The lowest BCUT2D eigenvalue weighted by Gasteiger charge is -2.41. The summed E-state index contributed by atoms with van der Waals surface area (Å²) in [4.78, 5) is 14.1. The highest BCUT2D eigenvalue weighted by Gasteiger charge is 2.39. The number of benzene rings is 2. The van der Waals surface area contributed by atoms with Crippen molar-refractivity contribution in [2.75, 3.05) is 13.1 Å². The van der Waals surface area contributed by atoms with E-state index in [1.165, 1.54) is 29.2 Å². The predicted molar refractivity (Wildman–Crippen MR) is 110 cm³/mol. The molecule has 0 spiro atoms. The van der Waals surface area contributed by atoms with Gasteiger partial charge in [-0.05, 0) is 57.2 Å². The molecule has 3 aromatic rings. The molecule has 0 radical (unpaired) electrons.